The van der Waals surface area contributed by atoms with Crippen LogP contribution in [0.4, 0.5) is 5.82 Å². The molecule has 1 atom stereocenters. The van der Waals surface area contributed by atoms with Gasteiger partial charge in [0.05, 0.1) is 5.69 Å². The summed E-state index contributed by atoms with van der Waals surface area (Å²) in [6, 6.07) is -0.650. The van der Waals surface area contributed by atoms with Crippen molar-refractivity contribution in [2.75, 3.05) is 5.32 Å². The summed E-state index contributed by atoms with van der Waals surface area (Å²) in [6.45, 7) is 3.77. The first-order valence-corrected chi connectivity index (χ1v) is 7.51. The van der Waals surface area contributed by atoms with Gasteiger partial charge in [0.2, 0.25) is 0 Å². The Morgan fingerprint density at radius 3 is 2.67 bits per heavy atom. The number of hydrogen-bond donors (Lipinski definition) is 2. The molecule has 1 unspecified atom stereocenters. The molecule has 1 fully saturated rings. The van der Waals surface area contributed by atoms with E-state index in [4.69, 9.17) is 11.6 Å². The van der Waals surface area contributed by atoms with Gasteiger partial charge < -0.3 is 10.4 Å². The summed E-state index contributed by atoms with van der Waals surface area (Å²) >= 11 is 6.24. The normalized spacial score (nSPS) is 23.5. The van der Waals surface area contributed by atoms with Crippen LogP contribution in [0.1, 0.15) is 51.3 Å². The molecule has 2 N–H and O–H groups in total. The molecule has 0 amide bonds. The molecule has 0 bridgehead atoms. The average molecular weight is 312 g/mol. The first-order chi connectivity index (χ1) is 9.81. The lowest BCUT2D eigenvalue weighted by atomic mass is 9.87. The average Bonchev–Trinajstić information content (AvgIpc) is 2.62. The van der Waals surface area contributed by atoms with E-state index in [9.17, 15) is 14.7 Å². The minimum Gasteiger partial charge on any atom is -0.480 e. The number of carboxylic acids is 1. The molecule has 2 aliphatic rings. The molecule has 21 heavy (non-hydrogen) atoms. The van der Waals surface area contributed by atoms with Crippen LogP contribution in [0.3, 0.4) is 0 Å². The number of aromatic nitrogens is 2. The van der Waals surface area contributed by atoms with E-state index in [1.54, 1.807) is 0 Å². The molecule has 2 heterocycles. The van der Waals surface area contributed by atoms with Gasteiger partial charge in [-0.25, -0.2) is 9.78 Å². The third kappa shape index (κ3) is 2.21. The van der Waals surface area contributed by atoms with E-state index in [-0.39, 0.29) is 22.6 Å². The molecular weight excluding hydrogens is 294 g/mol. The van der Waals surface area contributed by atoms with Crippen molar-refractivity contribution in [1.29, 1.82) is 0 Å². The van der Waals surface area contributed by atoms with Gasteiger partial charge in [-0.2, -0.15) is 0 Å². The highest BCUT2D eigenvalue weighted by molar-refractivity contribution is 6.30. The second kappa shape index (κ2) is 4.73. The molecule has 7 heteroatoms. The summed E-state index contributed by atoms with van der Waals surface area (Å²) in [5.41, 5.74) is -0.360. The lowest BCUT2D eigenvalue weighted by molar-refractivity contribution is -0.140. The van der Waals surface area contributed by atoms with Gasteiger partial charge in [0.25, 0.3) is 5.56 Å². The number of halogens is 1. The van der Waals surface area contributed by atoms with Crippen LogP contribution in [0.5, 0.6) is 0 Å². The summed E-state index contributed by atoms with van der Waals surface area (Å²) in [6.07, 6.45) is 3.46. The van der Waals surface area contributed by atoms with Crippen LogP contribution >= 0.6 is 11.6 Å². The molecule has 1 aliphatic heterocycles. The van der Waals surface area contributed by atoms with Gasteiger partial charge >= 0.3 is 5.97 Å². The topological polar surface area (TPSA) is 84.2 Å². The van der Waals surface area contributed by atoms with Gasteiger partial charge in [-0.1, -0.05) is 25.4 Å². The van der Waals surface area contributed by atoms with Crippen molar-refractivity contribution in [1.82, 2.24) is 9.55 Å². The van der Waals surface area contributed by atoms with Crippen molar-refractivity contribution in [2.24, 2.45) is 0 Å². The second-order valence-corrected chi connectivity index (χ2v) is 6.85. The highest BCUT2D eigenvalue weighted by atomic mass is 35.5. The standard InChI is InChI=1S/C14H18ClN3O3/c1-14(2)6-8(13(20)21)18-9(14)10(15)17-11(12(18)19)16-7-4-3-5-7/h7-8H,3-6H2,1-2H3,(H,16,17)(H,20,21). The zero-order valence-corrected chi connectivity index (χ0v) is 12.8. The minimum atomic E-state index is -1.01. The quantitative estimate of drug-likeness (QED) is 0.893. The molecule has 3 rings (SSSR count). The maximum atomic E-state index is 12.6. The lowest BCUT2D eigenvalue weighted by Crippen LogP contribution is -2.35. The van der Waals surface area contributed by atoms with E-state index < -0.39 is 17.4 Å². The predicted octanol–water partition coefficient (Wildman–Crippen LogP) is 2.17. The number of carboxylic acid groups (broad SMARTS) is 1. The fourth-order valence-electron chi connectivity index (χ4n) is 3.13. The third-order valence-electron chi connectivity index (χ3n) is 4.46. The highest BCUT2D eigenvalue weighted by Crippen LogP contribution is 2.42. The van der Waals surface area contributed by atoms with E-state index in [0.717, 1.165) is 19.3 Å². The number of rotatable bonds is 3. The molecule has 1 aliphatic carbocycles. The van der Waals surface area contributed by atoms with Gasteiger partial charge in [-0.15, -0.1) is 0 Å². The van der Waals surface area contributed by atoms with Crippen LogP contribution in [-0.2, 0) is 10.2 Å². The van der Waals surface area contributed by atoms with E-state index in [2.05, 4.69) is 10.3 Å². The number of nitrogens with one attached hydrogen (secondary N) is 1. The Labute approximate surface area is 127 Å². The van der Waals surface area contributed by atoms with E-state index in [1.165, 1.54) is 4.57 Å². The maximum Gasteiger partial charge on any atom is 0.326 e. The van der Waals surface area contributed by atoms with Crippen LogP contribution in [0.2, 0.25) is 5.15 Å². The number of fused-ring (bicyclic) bond motifs is 1. The monoisotopic (exact) mass is 311 g/mol. The molecule has 0 aromatic carbocycles. The number of hydrogen-bond acceptors (Lipinski definition) is 4. The molecule has 1 aromatic rings. The SMILES string of the molecule is CC1(C)CC(C(=O)O)n2c1c(Cl)nc(NC1CCC1)c2=O. The molecule has 6 nitrogen and oxygen atoms in total. The molecule has 0 spiro atoms. The Balaban J connectivity index is 2.13. The largest absolute Gasteiger partial charge is 0.480 e. The summed E-state index contributed by atoms with van der Waals surface area (Å²) in [5, 5.41) is 12.7. The Hall–Kier alpha value is -1.56. The van der Waals surface area contributed by atoms with E-state index in [1.807, 2.05) is 13.8 Å². The van der Waals surface area contributed by atoms with Gasteiger partial charge in [0.15, 0.2) is 11.0 Å². The van der Waals surface area contributed by atoms with Gasteiger partial charge in [-0.05, 0) is 25.7 Å². The number of aliphatic carboxylic acids is 1. The summed E-state index contributed by atoms with van der Waals surface area (Å²) in [5.74, 6) is -0.849. The Morgan fingerprint density at radius 2 is 2.14 bits per heavy atom. The second-order valence-electron chi connectivity index (χ2n) is 6.49. The van der Waals surface area contributed by atoms with Crippen molar-refractivity contribution >= 4 is 23.4 Å². The van der Waals surface area contributed by atoms with Gasteiger partial charge in [0, 0.05) is 11.5 Å². The van der Waals surface area contributed by atoms with Crippen LogP contribution in [-0.4, -0.2) is 26.7 Å². The Morgan fingerprint density at radius 1 is 1.48 bits per heavy atom. The molecule has 0 saturated heterocycles. The summed E-state index contributed by atoms with van der Waals surface area (Å²) in [7, 11) is 0. The van der Waals surface area contributed by atoms with Crippen molar-refractivity contribution in [3.63, 3.8) is 0 Å². The lowest BCUT2D eigenvalue weighted by Gasteiger charge is -2.27. The maximum absolute atomic E-state index is 12.6. The van der Waals surface area contributed by atoms with Gasteiger partial charge in [0.1, 0.15) is 6.04 Å². The molecule has 114 valence electrons. The van der Waals surface area contributed by atoms with Crippen molar-refractivity contribution < 1.29 is 9.90 Å². The smallest absolute Gasteiger partial charge is 0.326 e. The fourth-order valence-corrected chi connectivity index (χ4v) is 3.56. The predicted molar refractivity (Wildman–Crippen MR) is 79.1 cm³/mol. The first kappa shape index (κ1) is 14.4. The van der Waals surface area contributed by atoms with E-state index in [0.29, 0.717) is 12.1 Å². The zero-order chi connectivity index (χ0) is 15.4. The fraction of sp³-hybridized carbons (Fsp3) is 0.643. The number of carbonyl (C=O) groups is 1. The van der Waals surface area contributed by atoms with Gasteiger partial charge in [-0.3, -0.25) is 9.36 Å². The van der Waals surface area contributed by atoms with Crippen molar-refractivity contribution in [3.05, 3.63) is 21.2 Å². The van der Waals surface area contributed by atoms with Crippen molar-refractivity contribution in [2.45, 2.75) is 57.0 Å². The molecular formula is C14H18ClN3O3. The third-order valence-corrected chi connectivity index (χ3v) is 4.72. The Kier molecular flexibility index (Phi) is 3.24. The molecule has 1 aromatic heterocycles. The van der Waals surface area contributed by atoms with Crippen LogP contribution in [0, 0.1) is 0 Å². The zero-order valence-electron chi connectivity index (χ0n) is 12.0. The summed E-state index contributed by atoms with van der Waals surface area (Å²) in [4.78, 5) is 28.3. The number of nitrogens with zero attached hydrogens (tertiary/aromatic N) is 2. The van der Waals surface area contributed by atoms with E-state index >= 15 is 0 Å². The first-order valence-electron chi connectivity index (χ1n) is 7.13. The van der Waals surface area contributed by atoms with Crippen LogP contribution < -0.4 is 10.9 Å². The van der Waals surface area contributed by atoms with Crippen LogP contribution in [0.15, 0.2) is 4.79 Å². The summed E-state index contributed by atoms with van der Waals surface area (Å²) < 4.78 is 1.30. The van der Waals surface area contributed by atoms with Crippen molar-refractivity contribution in [3.8, 4) is 0 Å². The number of anilines is 1. The molecule has 0 radical (unpaired) electrons. The van der Waals surface area contributed by atoms with Crippen LogP contribution in [0.25, 0.3) is 0 Å². The Bertz CT molecular complexity index is 664. The molecule has 1 saturated carbocycles. The highest BCUT2D eigenvalue weighted by Gasteiger charge is 2.44. The minimum absolute atomic E-state index is 0.164.